The molecule has 0 fully saturated rings. The lowest BCUT2D eigenvalue weighted by molar-refractivity contribution is -0.140. The number of hydrogen-bond donors (Lipinski definition) is 1. The molecular weight excluding hydrogens is 432 g/mol. The highest BCUT2D eigenvalue weighted by molar-refractivity contribution is 6.31. The monoisotopic (exact) mass is 462 g/mol. The van der Waals surface area contributed by atoms with Crippen molar-refractivity contribution >= 4 is 23.4 Å². The Kier molecular flexibility index (Phi) is 9.08. The third kappa shape index (κ3) is 7.47. The van der Waals surface area contributed by atoms with Crippen LogP contribution in [0.5, 0.6) is 0 Å². The van der Waals surface area contributed by atoms with Gasteiger partial charge >= 0.3 is 0 Å². The SMILES string of the molecule is CC(C)CNC(=O)C(Cc1ccccc1)N(Cc1ccccc1Cl)C(=O)Cc1ccccc1. The summed E-state index contributed by atoms with van der Waals surface area (Å²) in [4.78, 5) is 28.7. The molecule has 0 aliphatic carbocycles. The maximum atomic E-state index is 13.6. The summed E-state index contributed by atoms with van der Waals surface area (Å²) in [6, 6.07) is 26.2. The highest BCUT2D eigenvalue weighted by atomic mass is 35.5. The average molecular weight is 463 g/mol. The normalized spacial score (nSPS) is 11.8. The predicted molar refractivity (Wildman–Crippen MR) is 134 cm³/mol. The quantitative estimate of drug-likeness (QED) is 0.444. The van der Waals surface area contributed by atoms with Crippen molar-refractivity contribution in [3.8, 4) is 0 Å². The summed E-state index contributed by atoms with van der Waals surface area (Å²) in [5.74, 6) is 0.0473. The topological polar surface area (TPSA) is 49.4 Å². The second-order valence-electron chi connectivity index (χ2n) is 8.62. The number of nitrogens with zero attached hydrogens (tertiary/aromatic N) is 1. The van der Waals surface area contributed by atoms with E-state index in [9.17, 15) is 9.59 Å². The number of rotatable bonds is 10. The zero-order valence-corrected chi connectivity index (χ0v) is 20.0. The number of carbonyl (C=O) groups is 2. The minimum absolute atomic E-state index is 0.109. The summed E-state index contributed by atoms with van der Waals surface area (Å²) in [5, 5.41) is 3.62. The maximum absolute atomic E-state index is 13.6. The molecule has 0 bridgehead atoms. The Morgan fingerprint density at radius 2 is 1.42 bits per heavy atom. The van der Waals surface area contributed by atoms with Gasteiger partial charge in [-0.25, -0.2) is 0 Å². The number of hydrogen-bond acceptors (Lipinski definition) is 2. The molecule has 1 atom stereocenters. The molecule has 1 N–H and O–H groups in total. The molecule has 0 saturated carbocycles. The van der Waals surface area contributed by atoms with Crippen molar-refractivity contribution < 1.29 is 9.59 Å². The summed E-state index contributed by atoms with van der Waals surface area (Å²) >= 11 is 6.44. The van der Waals surface area contributed by atoms with E-state index in [1.165, 1.54) is 0 Å². The smallest absolute Gasteiger partial charge is 0.243 e. The first-order valence-electron chi connectivity index (χ1n) is 11.3. The average Bonchev–Trinajstić information content (AvgIpc) is 2.82. The molecule has 0 aliphatic heterocycles. The van der Waals surface area contributed by atoms with Gasteiger partial charge in [0, 0.05) is 24.5 Å². The van der Waals surface area contributed by atoms with Crippen LogP contribution in [0.2, 0.25) is 5.02 Å². The Labute approximate surface area is 201 Å². The van der Waals surface area contributed by atoms with Gasteiger partial charge < -0.3 is 10.2 Å². The maximum Gasteiger partial charge on any atom is 0.243 e. The lowest BCUT2D eigenvalue weighted by atomic mass is 10.0. The summed E-state index contributed by atoms with van der Waals surface area (Å²) in [6.07, 6.45) is 0.643. The van der Waals surface area contributed by atoms with Gasteiger partial charge in [-0.15, -0.1) is 0 Å². The van der Waals surface area contributed by atoms with E-state index in [0.717, 1.165) is 16.7 Å². The summed E-state index contributed by atoms with van der Waals surface area (Å²) in [7, 11) is 0. The molecule has 0 heterocycles. The van der Waals surface area contributed by atoms with Gasteiger partial charge in [-0.3, -0.25) is 9.59 Å². The van der Waals surface area contributed by atoms with Crippen LogP contribution in [-0.4, -0.2) is 29.3 Å². The molecule has 3 rings (SSSR count). The lowest BCUT2D eigenvalue weighted by Gasteiger charge is -2.32. The fourth-order valence-electron chi connectivity index (χ4n) is 3.66. The van der Waals surface area contributed by atoms with E-state index >= 15 is 0 Å². The zero-order chi connectivity index (χ0) is 23.6. The van der Waals surface area contributed by atoms with Crippen molar-refractivity contribution in [1.82, 2.24) is 10.2 Å². The number of amides is 2. The highest BCUT2D eigenvalue weighted by Crippen LogP contribution is 2.21. The van der Waals surface area contributed by atoms with Crippen LogP contribution in [0.1, 0.15) is 30.5 Å². The fraction of sp³-hybridized carbons (Fsp3) is 0.286. The Hall–Kier alpha value is -3.11. The molecule has 3 aromatic carbocycles. The molecule has 5 heteroatoms. The van der Waals surface area contributed by atoms with Gasteiger partial charge in [-0.05, 0) is 28.7 Å². The van der Waals surface area contributed by atoms with Crippen LogP contribution in [0.25, 0.3) is 0 Å². The van der Waals surface area contributed by atoms with Crippen LogP contribution < -0.4 is 5.32 Å². The van der Waals surface area contributed by atoms with Crippen LogP contribution in [0.15, 0.2) is 84.9 Å². The number of benzene rings is 3. The molecule has 2 amide bonds. The van der Waals surface area contributed by atoms with E-state index in [-0.39, 0.29) is 24.8 Å². The molecule has 4 nitrogen and oxygen atoms in total. The van der Waals surface area contributed by atoms with E-state index in [1.807, 2.05) is 84.9 Å². The largest absolute Gasteiger partial charge is 0.354 e. The van der Waals surface area contributed by atoms with Crippen LogP contribution in [-0.2, 0) is 29.0 Å². The standard InChI is InChI=1S/C28H31ClN2O2/c1-21(2)19-30-28(33)26(17-22-11-5-3-6-12-22)31(20-24-15-9-10-16-25(24)29)27(32)18-23-13-7-4-8-14-23/h3-16,21,26H,17-20H2,1-2H3,(H,30,33). The van der Waals surface area contributed by atoms with Crippen molar-refractivity contribution in [2.45, 2.75) is 39.3 Å². The first-order chi connectivity index (χ1) is 15.9. The minimum Gasteiger partial charge on any atom is -0.354 e. The molecule has 172 valence electrons. The van der Waals surface area contributed by atoms with Gasteiger partial charge in [0.2, 0.25) is 11.8 Å². The highest BCUT2D eigenvalue weighted by Gasteiger charge is 2.30. The first kappa shape index (κ1) is 24.5. The first-order valence-corrected chi connectivity index (χ1v) is 11.7. The third-order valence-electron chi connectivity index (χ3n) is 5.45. The van der Waals surface area contributed by atoms with Crippen LogP contribution in [0, 0.1) is 5.92 Å². The fourth-order valence-corrected chi connectivity index (χ4v) is 3.85. The van der Waals surface area contributed by atoms with Gasteiger partial charge in [-0.1, -0.05) is 104 Å². The van der Waals surface area contributed by atoms with Crippen molar-refractivity contribution in [1.29, 1.82) is 0 Å². The second kappa shape index (κ2) is 12.2. The molecule has 0 aliphatic rings. The molecule has 3 aromatic rings. The van der Waals surface area contributed by atoms with Crippen LogP contribution in [0.4, 0.5) is 0 Å². The van der Waals surface area contributed by atoms with Gasteiger partial charge in [0.15, 0.2) is 0 Å². The number of nitrogens with one attached hydrogen (secondary N) is 1. The number of halogens is 1. The van der Waals surface area contributed by atoms with Crippen LogP contribution in [0.3, 0.4) is 0 Å². The molecule has 0 spiro atoms. The van der Waals surface area contributed by atoms with Gasteiger partial charge in [0.05, 0.1) is 6.42 Å². The van der Waals surface area contributed by atoms with Gasteiger partial charge in [-0.2, -0.15) is 0 Å². The van der Waals surface area contributed by atoms with Gasteiger partial charge in [0.1, 0.15) is 6.04 Å². The predicted octanol–water partition coefficient (Wildman–Crippen LogP) is 5.29. The lowest BCUT2D eigenvalue weighted by Crippen LogP contribution is -2.51. The third-order valence-corrected chi connectivity index (χ3v) is 5.82. The summed E-state index contributed by atoms with van der Waals surface area (Å²) in [6.45, 7) is 4.91. The van der Waals surface area contributed by atoms with E-state index in [1.54, 1.807) is 4.90 Å². The Bertz CT molecular complexity index is 1040. The van der Waals surface area contributed by atoms with Crippen molar-refractivity contribution in [2.75, 3.05) is 6.54 Å². The van der Waals surface area contributed by atoms with E-state index in [0.29, 0.717) is 23.9 Å². The Balaban J connectivity index is 1.95. The Morgan fingerprint density at radius 1 is 0.848 bits per heavy atom. The van der Waals surface area contributed by atoms with Gasteiger partial charge in [0.25, 0.3) is 0 Å². The van der Waals surface area contributed by atoms with Crippen molar-refractivity contribution in [2.24, 2.45) is 5.92 Å². The molecule has 1 unspecified atom stereocenters. The molecule has 0 radical (unpaired) electrons. The molecule has 33 heavy (non-hydrogen) atoms. The summed E-state index contributed by atoms with van der Waals surface area (Å²) in [5.41, 5.74) is 2.72. The zero-order valence-electron chi connectivity index (χ0n) is 19.2. The number of carbonyl (C=O) groups excluding carboxylic acids is 2. The van der Waals surface area contributed by atoms with E-state index in [4.69, 9.17) is 11.6 Å². The van der Waals surface area contributed by atoms with E-state index in [2.05, 4.69) is 19.2 Å². The molecule has 0 saturated heterocycles. The Morgan fingerprint density at radius 3 is 2.03 bits per heavy atom. The van der Waals surface area contributed by atoms with E-state index < -0.39 is 6.04 Å². The molecular formula is C28H31ClN2O2. The van der Waals surface area contributed by atoms with Crippen LogP contribution >= 0.6 is 11.6 Å². The van der Waals surface area contributed by atoms with Crippen molar-refractivity contribution in [3.05, 3.63) is 107 Å². The second-order valence-corrected chi connectivity index (χ2v) is 9.03. The van der Waals surface area contributed by atoms with Crippen molar-refractivity contribution in [3.63, 3.8) is 0 Å². The summed E-state index contributed by atoms with van der Waals surface area (Å²) < 4.78 is 0. The molecule has 0 aromatic heterocycles. The minimum atomic E-state index is -0.654.